The van der Waals surface area contributed by atoms with Gasteiger partial charge >= 0.3 is 11.7 Å². The fraction of sp³-hybridized carbons (Fsp3) is 0.312. The topological polar surface area (TPSA) is 114 Å². The summed E-state index contributed by atoms with van der Waals surface area (Å²) >= 11 is 5.95. The van der Waals surface area contributed by atoms with E-state index in [4.69, 9.17) is 21.1 Å². The monoisotopic (exact) mass is 381 g/mol. The minimum Gasteiger partial charge on any atom is -0.495 e. The number of aromatic nitrogens is 2. The molecule has 0 N–H and O–H groups in total. The zero-order valence-corrected chi connectivity index (χ0v) is 15.1. The summed E-state index contributed by atoms with van der Waals surface area (Å²) in [6.45, 7) is 2.14. The lowest BCUT2D eigenvalue weighted by atomic mass is 10.1. The number of ketones is 1. The molecule has 0 fully saturated rings. The average molecular weight is 382 g/mol. The molecular formula is C16H16ClN3O6. The van der Waals surface area contributed by atoms with E-state index in [1.54, 1.807) is 0 Å². The second-order valence-electron chi connectivity index (χ2n) is 5.37. The van der Waals surface area contributed by atoms with E-state index in [2.05, 4.69) is 5.10 Å². The number of ether oxygens (including phenoxy) is 2. The lowest BCUT2D eigenvalue weighted by Crippen LogP contribution is -2.19. The van der Waals surface area contributed by atoms with Gasteiger partial charge in [-0.05, 0) is 32.0 Å². The Morgan fingerprint density at radius 2 is 2.04 bits per heavy atom. The standard InChI is InChI=1S/C16H16ClN3O6/c1-9-16(20(23)24)10(2)19(18-9)7-15(22)26-8-13(21)11-4-5-14(25-3)12(17)6-11/h4-6H,7-8H2,1-3H3. The SMILES string of the molecule is COc1ccc(C(=O)COC(=O)Cn2nc(C)c([N+](=O)[O-])c2C)cc1Cl. The van der Waals surface area contributed by atoms with Gasteiger partial charge in [0.1, 0.15) is 23.7 Å². The zero-order valence-electron chi connectivity index (χ0n) is 14.3. The highest BCUT2D eigenvalue weighted by Crippen LogP contribution is 2.25. The fourth-order valence-corrected chi connectivity index (χ4v) is 2.60. The average Bonchev–Trinajstić information content (AvgIpc) is 2.86. The van der Waals surface area contributed by atoms with Crippen LogP contribution in [0.5, 0.6) is 5.75 Å². The number of nitro groups is 1. The molecule has 2 aromatic rings. The van der Waals surface area contributed by atoms with Crippen LogP contribution in [0, 0.1) is 24.0 Å². The van der Waals surface area contributed by atoms with E-state index in [-0.39, 0.29) is 34.2 Å². The Bertz CT molecular complexity index is 877. The van der Waals surface area contributed by atoms with Crippen LogP contribution < -0.4 is 4.74 Å². The molecule has 0 unspecified atom stereocenters. The third kappa shape index (κ3) is 4.17. The van der Waals surface area contributed by atoms with E-state index in [0.717, 1.165) is 0 Å². The van der Waals surface area contributed by atoms with Crippen LogP contribution in [-0.2, 0) is 16.1 Å². The Hall–Kier alpha value is -2.94. The summed E-state index contributed by atoms with van der Waals surface area (Å²) < 4.78 is 11.1. The predicted octanol–water partition coefficient (Wildman–Crippen LogP) is 2.50. The summed E-state index contributed by atoms with van der Waals surface area (Å²) in [6, 6.07) is 4.46. The minimum absolute atomic E-state index is 0.151. The van der Waals surface area contributed by atoms with Crippen LogP contribution in [0.1, 0.15) is 21.7 Å². The number of nitrogens with zero attached hydrogens (tertiary/aromatic N) is 3. The van der Waals surface area contributed by atoms with Crippen molar-refractivity contribution in [2.75, 3.05) is 13.7 Å². The molecule has 0 spiro atoms. The molecule has 0 amide bonds. The first-order chi connectivity index (χ1) is 12.2. The van der Waals surface area contributed by atoms with Crippen molar-refractivity contribution in [1.29, 1.82) is 0 Å². The molecule has 0 aliphatic carbocycles. The van der Waals surface area contributed by atoms with E-state index < -0.39 is 23.3 Å². The van der Waals surface area contributed by atoms with E-state index in [9.17, 15) is 19.7 Å². The largest absolute Gasteiger partial charge is 0.495 e. The highest BCUT2D eigenvalue weighted by molar-refractivity contribution is 6.32. The number of methoxy groups -OCH3 is 1. The van der Waals surface area contributed by atoms with Gasteiger partial charge in [-0.15, -0.1) is 0 Å². The maximum Gasteiger partial charge on any atom is 0.328 e. The van der Waals surface area contributed by atoms with Crippen molar-refractivity contribution < 1.29 is 24.0 Å². The number of carbonyl (C=O) groups excluding carboxylic acids is 2. The number of hydrogen-bond acceptors (Lipinski definition) is 7. The molecule has 0 aliphatic rings. The summed E-state index contributed by atoms with van der Waals surface area (Å²) in [5, 5.41) is 15.2. The molecule has 0 bridgehead atoms. The number of hydrogen-bond donors (Lipinski definition) is 0. The van der Waals surface area contributed by atoms with Gasteiger partial charge in [-0.3, -0.25) is 24.4 Å². The molecule has 0 saturated heterocycles. The molecule has 1 aromatic carbocycles. The lowest BCUT2D eigenvalue weighted by molar-refractivity contribution is -0.386. The van der Waals surface area contributed by atoms with Gasteiger partial charge in [-0.2, -0.15) is 5.10 Å². The van der Waals surface area contributed by atoms with Crippen LogP contribution >= 0.6 is 11.6 Å². The van der Waals surface area contributed by atoms with Gasteiger partial charge in [-0.25, -0.2) is 0 Å². The van der Waals surface area contributed by atoms with Gasteiger partial charge in [0.15, 0.2) is 12.4 Å². The number of esters is 1. The van der Waals surface area contributed by atoms with Gasteiger partial charge in [0.05, 0.1) is 17.1 Å². The summed E-state index contributed by atoms with van der Waals surface area (Å²) in [5.74, 6) is -0.757. The molecule has 1 heterocycles. The number of benzene rings is 1. The van der Waals surface area contributed by atoms with E-state index in [1.807, 2.05) is 0 Å². The first-order valence-corrected chi connectivity index (χ1v) is 7.83. The molecule has 0 aliphatic heterocycles. The van der Waals surface area contributed by atoms with Crippen LogP contribution in [0.3, 0.4) is 0 Å². The third-order valence-corrected chi connectivity index (χ3v) is 3.94. The van der Waals surface area contributed by atoms with Crippen LogP contribution in [-0.4, -0.2) is 40.2 Å². The molecule has 1 aromatic heterocycles. The van der Waals surface area contributed by atoms with E-state index in [0.29, 0.717) is 5.75 Å². The summed E-state index contributed by atoms with van der Waals surface area (Å²) in [4.78, 5) is 34.4. The van der Waals surface area contributed by atoms with Crippen LogP contribution in [0.2, 0.25) is 5.02 Å². The van der Waals surface area contributed by atoms with Crippen LogP contribution in [0.15, 0.2) is 18.2 Å². The molecule has 2 rings (SSSR count). The van der Waals surface area contributed by atoms with Crippen molar-refractivity contribution in [3.8, 4) is 5.75 Å². The van der Waals surface area contributed by atoms with Crippen molar-refractivity contribution in [3.05, 3.63) is 50.3 Å². The fourth-order valence-electron chi connectivity index (χ4n) is 2.34. The van der Waals surface area contributed by atoms with Gasteiger partial charge < -0.3 is 9.47 Å². The van der Waals surface area contributed by atoms with Crippen molar-refractivity contribution >= 4 is 29.0 Å². The summed E-state index contributed by atoms with van der Waals surface area (Å²) in [5.41, 5.74) is 0.550. The Morgan fingerprint density at radius 3 is 2.58 bits per heavy atom. The predicted molar refractivity (Wildman–Crippen MR) is 91.6 cm³/mol. The molecule has 10 heteroatoms. The van der Waals surface area contributed by atoms with Gasteiger partial charge in [0, 0.05) is 5.56 Å². The molecular weight excluding hydrogens is 366 g/mol. The van der Waals surface area contributed by atoms with Crippen molar-refractivity contribution in [2.45, 2.75) is 20.4 Å². The van der Waals surface area contributed by atoms with Crippen molar-refractivity contribution in [2.24, 2.45) is 0 Å². The number of carbonyl (C=O) groups is 2. The number of rotatable bonds is 7. The smallest absolute Gasteiger partial charge is 0.328 e. The quantitative estimate of drug-likeness (QED) is 0.313. The first-order valence-electron chi connectivity index (χ1n) is 7.45. The number of halogens is 1. The lowest BCUT2D eigenvalue weighted by Gasteiger charge is -2.07. The van der Waals surface area contributed by atoms with Gasteiger partial charge in [-0.1, -0.05) is 11.6 Å². The molecule has 0 atom stereocenters. The maximum absolute atomic E-state index is 12.1. The molecule has 138 valence electrons. The van der Waals surface area contributed by atoms with Crippen molar-refractivity contribution in [1.82, 2.24) is 9.78 Å². The summed E-state index contributed by atoms with van der Waals surface area (Å²) in [6.07, 6.45) is 0. The Morgan fingerprint density at radius 1 is 1.35 bits per heavy atom. The third-order valence-electron chi connectivity index (χ3n) is 3.64. The minimum atomic E-state index is -0.738. The highest BCUT2D eigenvalue weighted by Gasteiger charge is 2.23. The normalized spacial score (nSPS) is 10.5. The molecule has 0 radical (unpaired) electrons. The number of Topliss-reactive ketones (excluding diaryl/α,β-unsaturated/α-hetero) is 1. The van der Waals surface area contributed by atoms with Crippen LogP contribution in [0.4, 0.5) is 5.69 Å². The van der Waals surface area contributed by atoms with E-state index in [1.165, 1.54) is 43.8 Å². The van der Waals surface area contributed by atoms with Crippen LogP contribution in [0.25, 0.3) is 0 Å². The van der Waals surface area contributed by atoms with Gasteiger partial charge in [0.25, 0.3) is 0 Å². The van der Waals surface area contributed by atoms with E-state index >= 15 is 0 Å². The highest BCUT2D eigenvalue weighted by atomic mass is 35.5. The molecule has 9 nitrogen and oxygen atoms in total. The molecule has 26 heavy (non-hydrogen) atoms. The second kappa shape index (κ2) is 7.96. The van der Waals surface area contributed by atoms with Gasteiger partial charge in [0.2, 0.25) is 0 Å². The summed E-state index contributed by atoms with van der Waals surface area (Å²) in [7, 11) is 1.45. The number of aryl methyl sites for hydroxylation is 1. The molecule has 0 saturated carbocycles. The Labute approximate surface area is 153 Å². The first kappa shape index (κ1) is 19.4. The Balaban J connectivity index is 1.99. The zero-order chi connectivity index (χ0) is 19.4. The second-order valence-corrected chi connectivity index (χ2v) is 5.77. The Kier molecular flexibility index (Phi) is 5.93. The maximum atomic E-state index is 12.1. The van der Waals surface area contributed by atoms with Crippen molar-refractivity contribution in [3.63, 3.8) is 0 Å².